The van der Waals surface area contributed by atoms with Crippen molar-refractivity contribution in [3.63, 3.8) is 0 Å². The SMILES string of the molecule is COc1ccc(CN(C)CN2C(=O)NC(Cc3ccccc3)C2=O)cc1F. The first-order valence-corrected chi connectivity index (χ1v) is 8.64. The fourth-order valence-corrected chi connectivity index (χ4v) is 3.11. The summed E-state index contributed by atoms with van der Waals surface area (Å²) in [6, 6.07) is 13.3. The molecular formula is C20H22FN3O3. The molecule has 1 heterocycles. The molecule has 0 radical (unpaired) electrons. The third-order valence-corrected chi connectivity index (χ3v) is 4.44. The molecule has 0 aliphatic carbocycles. The number of rotatable bonds is 7. The fourth-order valence-electron chi connectivity index (χ4n) is 3.11. The van der Waals surface area contributed by atoms with Crippen LogP contribution < -0.4 is 10.1 Å². The molecule has 1 N–H and O–H groups in total. The Kier molecular flexibility index (Phi) is 5.71. The Morgan fingerprint density at radius 3 is 2.56 bits per heavy atom. The fraction of sp³-hybridized carbons (Fsp3) is 0.300. The van der Waals surface area contributed by atoms with Crippen LogP contribution in [0.5, 0.6) is 5.75 Å². The number of nitrogens with one attached hydrogen (secondary N) is 1. The Labute approximate surface area is 157 Å². The number of imide groups is 1. The van der Waals surface area contributed by atoms with Crippen LogP contribution in [0.1, 0.15) is 11.1 Å². The number of carbonyl (C=O) groups is 2. The molecule has 142 valence electrons. The van der Waals surface area contributed by atoms with Gasteiger partial charge in [0.25, 0.3) is 5.91 Å². The lowest BCUT2D eigenvalue weighted by Gasteiger charge is -2.22. The molecule has 0 aromatic heterocycles. The molecule has 1 unspecified atom stereocenters. The smallest absolute Gasteiger partial charge is 0.325 e. The highest BCUT2D eigenvalue weighted by Crippen LogP contribution is 2.19. The van der Waals surface area contributed by atoms with E-state index in [2.05, 4.69) is 5.32 Å². The summed E-state index contributed by atoms with van der Waals surface area (Å²) in [5.41, 5.74) is 1.71. The Morgan fingerprint density at radius 2 is 1.89 bits per heavy atom. The molecule has 1 saturated heterocycles. The van der Waals surface area contributed by atoms with Gasteiger partial charge in [-0.05, 0) is 30.3 Å². The van der Waals surface area contributed by atoms with E-state index in [4.69, 9.17) is 4.74 Å². The molecule has 6 nitrogen and oxygen atoms in total. The van der Waals surface area contributed by atoms with Crippen LogP contribution in [0.3, 0.4) is 0 Å². The van der Waals surface area contributed by atoms with Gasteiger partial charge in [-0.15, -0.1) is 0 Å². The van der Waals surface area contributed by atoms with Crippen molar-refractivity contribution in [2.45, 2.75) is 19.0 Å². The van der Waals surface area contributed by atoms with Crippen LogP contribution in [0.2, 0.25) is 0 Å². The van der Waals surface area contributed by atoms with Crippen molar-refractivity contribution in [2.24, 2.45) is 0 Å². The summed E-state index contributed by atoms with van der Waals surface area (Å²) < 4.78 is 18.7. The maximum absolute atomic E-state index is 13.8. The number of carbonyl (C=O) groups excluding carboxylic acids is 2. The Bertz CT molecular complexity index is 828. The highest BCUT2D eigenvalue weighted by molar-refractivity contribution is 6.04. The first kappa shape index (κ1) is 18.8. The van der Waals surface area contributed by atoms with Gasteiger partial charge >= 0.3 is 6.03 Å². The summed E-state index contributed by atoms with van der Waals surface area (Å²) >= 11 is 0. The maximum Gasteiger partial charge on any atom is 0.325 e. The Balaban J connectivity index is 1.60. The summed E-state index contributed by atoms with van der Waals surface area (Å²) in [5, 5.41) is 2.73. The third-order valence-electron chi connectivity index (χ3n) is 4.44. The Morgan fingerprint density at radius 1 is 1.15 bits per heavy atom. The van der Waals surface area contributed by atoms with Crippen LogP contribution >= 0.6 is 0 Å². The summed E-state index contributed by atoms with van der Waals surface area (Å²) in [6.07, 6.45) is 0.454. The van der Waals surface area contributed by atoms with E-state index in [1.54, 1.807) is 24.1 Å². The summed E-state index contributed by atoms with van der Waals surface area (Å²) in [6.45, 7) is 0.519. The van der Waals surface area contributed by atoms with Gasteiger partial charge in [0.1, 0.15) is 6.04 Å². The lowest BCUT2D eigenvalue weighted by Crippen LogP contribution is -2.40. The molecule has 7 heteroatoms. The molecular weight excluding hydrogens is 349 g/mol. The molecule has 1 atom stereocenters. The number of nitrogens with zero attached hydrogens (tertiary/aromatic N) is 2. The van der Waals surface area contributed by atoms with Crippen LogP contribution in [0.25, 0.3) is 0 Å². The van der Waals surface area contributed by atoms with Crippen LogP contribution in [0.4, 0.5) is 9.18 Å². The second kappa shape index (κ2) is 8.18. The number of methoxy groups -OCH3 is 1. The van der Waals surface area contributed by atoms with Crippen LogP contribution in [0, 0.1) is 5.82 Å². The zero-order valence-corrected chi connectivity index (χ0v) is 15.3. The van der Waals surface area contributed by atoms with Gasteiger partial charge in [-0.3, -0.25) is 9.69 Å². The molecule has 0 saturated carbocycles. The molecule has 2 aromatic rings. The van der Waals surface area contributed by atoms with Crippen molar-refractivity contribution in [3.8, 4) is 5.75 Å². The van der Waals surface area contributed by atoms with E-state index in [1.807, 2.05) is 30.3 Å². The number of hydrogen-bond donors (Lipinski definition) is 1. The standard InChI is InChI=1S/C20H22FN3O3/c1-23(12-15-8-9-18(27-2)16(21)10-15)13-24-19(25)17(22-20(24)26)11-14-6-4-3-5-7-14/h3-10,17H,11-13H2,1-2H3,(H,22,26). The van der Waals surface area contributed by atoms with Crippen LogP contribution in [0.15, 0.2) is 48.5 Å². The third kappa shape index (κ3) is 4.43. The summed E-state index contributed by atoms with van der Waals surface area (Å²) in [7, 11) is 3.18. The lowest BCUT2D eigenvalue weighted by atomic mass is 10.1. The lowest BCUT2D eigenvalue weighted by molar-refractivity contribution is -0.128. The summed E-state index contributed by atoms with van der Waals surface area (Å²) in [4.78, 5) is 27.8. The van der Waals surface area contributed by atoms with Crippen molar-refractivity contribution in [2.75, 3.05) is 20.8 Å². The zero-order valence-electron chi connectivity index (χ0n) is 15.3. The minimum Gasteiger partial charge on any atom is -0.494 e. The highest BCUT2D eigenvalue weighted by atomic mass is 19.1. The molecule has 1 fully saturated rings. The van der Waals surface area contributed by atoms with Gasteiger partial charge in [0.2, 0.25) is 0 Å². The first-order chi connectivity index (χ1) is 13.0. The van der Waals surface area contributed by atoms with Gasteiger partial charge in [-0.25, -0.2) is 14.1 Å². The van der Waals surface area contributed by atoms with E-state index in [0.717, 1.165) is 11.1 Å². The van der Waals surface area contributed by atoms with Crippen molar-refractivity contribution in [1.82, 2.24) is 15.1 Å². The number of ether oxygens (including phenoxy) is 1. The molecule has 0 spiro atoms. The molecule has 1 aliphatic heterocycles. The van der Waals surface area contributed by atoms with Gasteiger partial charge in [0.05, 0.1) is 13.8 Å². The monoisotopic (exact) mass is 371 g/mol. The van der Waals surface area contributed by atoms with Gasteiger partial charge in [-0.2, -0.15) is 0 Å². The van der Waals surface area contributed by atoms with Crippen molar-refractivity contribution in [3.05, 3.63) is 65.5 Å². The van der Waals surface area contributed by atoms with Crippen LogP contribution in [-0.4, -0.2) is 48.6 Å². The first-order valence-electron chi connectivity index (χ1n) is 8.64. The van der Waals surface area contributed by atoms with Gasteiger partial charge in [0, 0.05) is 13.0 Å². The van der Waals surface area contributed by atoms with Crippen LogP contribution in [-0.2, 0) is 17.8 Å². The minimum absolute atomic E-state index is 0.129. The second-order valence-electron chi connectivity index (χ2n) is 6.58. The van der Waals surface area contributed by atoms with E-state index in [9.17, 15) is 14.0 Å². The van der Waals surface area contributed by atoms with E-state index in [0.29, 0.717) is 13.0 Å². The number of benzene rings is 2. The van der Waals surface area contributed by atoms with Gasteiger partial charge < -0.3 is 10.1 Å². The topological polar surface area (TPSA) is 61.9 Å². The predicted octanol–water partition coefficient (Wildman–Crippen LogP) is 2.39. The van der Waals surface area contributed by atoms with E-state index in [1.165, 1.54) is 18.1 Å². The van der Waals surface area contributed by atoms with Gasteiger partial charge in [0.15, 0.2) is 11.6 Å². The quantitative estimate of drug-likeness (QED) is 0.759. The Hall–Kier alpha value is -2.93. The summed E-state index contributed by atoms with van der Waals surface area (Å²) in [5.74, 6) is -0.516. The normalized spacial score (nSPS) is 16.7. The van der Waals surface area contributed by atoms with Crippen molar-refractivity contribution < 1.29 is 18.7 Å². The van der Waals surface area contributed by atoms with Crippen molar-refractivity contribution >= 4 is 11.9 Å². The van der Waals surface area contributed by atoms with Crippen molar-refractivity contribution in [1.29, 1.82) is 0 Å². The molecule has 3 rings (SSSR count). The average molecular weight is 371 g/mol. The largest absolute Gasteiger partial charge is 0.494 e. The second-order valence-corrected chi connectivity index (χ2v) is 6.58. The van der Waals surface area contributed by atoms with E-state index < -0.39 is 17.9 Å². The molecule has 2 aromatic carbocycles. The average Bonchev–Trinajstić information content (AvgIpc) is 2.90. The molecule has 3 amide bonds. The highest BCUT2D eigenvalue weighted by Gasteiger charge is 2.38. The number of amides is 3. The number of hydrogen-bond acceptors (Lipinski definition) is 4. The van der Waals surface area contributed by atoms with E-state index >= 15 is 0 Å². The van der Waals surface area contributed by atoms with E-state index in [-0.39, 0.29) is 18.3 Å². The predicted molar refractivity (Wildman–Crippen MR) is 98.6 cm³/mol. The minimum atomic E-state index is -0.563. The molecule has 1 aliphatic rings. The maximum atomic E-state index is 13.8. The molecule has 27 heavy (non-hydrogen) atoms. The number of halogens is 1. The van der Waals surface area contributed by atoms with Gasteiger partial charge in [-0.1, -0.05) is 36.4 Å². The zero-order chi connectivity index (χ0) is 19.4. The number of urea groups is 1. The molecule has 0 bridgehead atoms.